The molecule has 1 aliphatic rings. The molecule has 3 N–H and O–H groups in total. The molecule has 1 aliphatic carbocycles. The third-order valence-corrected chi connectivity index (χ3v) is 4.09. The Morgan fingerprint density at radius 3 is 2.58 bits per heavy atom. The van der Waals surface area contributed by atoms with Gasteiger partial charge in [-0.3, -0.25) is 10.1 Å². The van der Waals surface area contributed by atoms with Crippen molar-refractivity contribution in [2.24, 2.45) is 5.73 Å². The van der Waals surface area contributed by atoms with Crippen molar-refractivity contribution >= 4 is 5.91 Å². The summed E-state index contributed by atoms with van der Waals surface area (Å²) in [6.45, 7) is 1.86. The van der Waals surface area contributed by atoms with Crippen molar-refractivity contribution < 1.29 is 9.18 Å². The highest BCUT2D eigenvalue weighted by Crippen LogP contribution is 2.30. The molecule has 2 rings (SSSR count). The highest BCUT2D eigenvalue weighted by atomic mass is 19.1. The molecule has 1 fully saturated rings. The largest absolute Gasteiger partial charge is 0.368 e. The van der Waals surface area contributed by atoms with E-state index in [0.717, 1.165) is 25.7 Å². The average molecular weight is 264 g/mol. The molecule has 0 aromatic heterocycles. The molecule has 0 saturated heterocycles. The first-order chi connectivity index (χ1) is 9.10. The van der Waals surface area contributed by atoms with Crippen LogP contribution in [0.3, 0.4) is 0 Å². The topological polar surface area (TPSA) is 55.1 Å². The third kappa shape index (κ3) is 2.63. The molecule has 19 heavy (non-hydrogen) atoms. The van der Waals surface area contributed by atoms with Gasteiger partial charge in [0.15, 0.2) is 0 Å². The molecule has 0 bridgehead atoms. The van der Waals surface area contributed by atoms with E-state index in [2.05, 4.69) is 5.32 Å². The molecule has 0 aliphatic heterocycles. The van der Waals surface area contributed by atoms with E-state index in [1.807, 2.05) is 6.92 Å². The molecular weight excluding hydrogens is 243 g/mol. The van der Waals surface area contributed by atoms with Crippen LogP contribution in [0.2, 0.25) is 0 Å². The Labute approximate surface area is 113 Å². The lowest BCUT2D eigenvalue weighted by molar-refractivity contribution is -0.125. The van der Waals surface area contributed by atoms with E-state index < -0.39 is 11.4 Å². The molecule has 3 nitrogen and oxygen atoms in total. The van der Waals surface area contributed by atoms with Crippen LogP contribution in [0.1, 0.15) is 44.6 Å². The van der Waals surface area contributed by atoms with Crippen LogP contribution in [0.25, 0.3) is 0 Å². The number of nitrogens with one attached hydrogen (secondary N) is 1. The summed E-state index contributed by atoms with van der Waals surface area (Å²) in [6, 6.07) is 6.62. The SMILES string of the molecule is CCC(NC1CCCC1)(C(N)=O)c1ccccc1F. The zero-order chi connectivity index (χ0) is 13.9. The van der Waals surface area contributed by atoms with Gasteiger partial charge in [-0.1, -0.05) is 38.0 Å². The zero-order valence-electron chi connectivity index (χ0n) is 11.3. The monoisotopic (exact) mass is 264 g/mol. The molecule has 1 saturated carbocycles. The number of amides is 1. The average Bonchev–Trinajstić information content (AvgIpc) is 2.89. The van der Waals surface area contributed by atoms with Crippen LogP contribution in [0.5, 0.6) is 0 Å². The maximum absolute atomic E-state index is 14.1. The highest BCUT2D eigenvalue weighted by molar-refractivity contribution is 5.86. The number of benzene rings is 1. The van der Waals surface area contributed by atoms with Crippen LogP contribution in [0, 0.1) is 5.82 Å². The lowest BCUT2D eigenvalue weighted by Crippen LogP contribution is -2.55. The van der Waals surface area contributed by atoms with Crippen molar-refractivity contribution in [2.75, 3.05) is 0 Å². The fourth-order valence-corrected chi connectivity index (χ4v) is 2.97. The second-order valence-corrected chi connectivity index (χ2v) is 5.23. The lowest BCUT2D eigenvalue weighted by atomic mass is 9.85. The minimum Gasteiger partial charge on any atom is -0.368 e. The van der Waals surface area contributed by atoms with Gasteiger partial charge >= 0.3 is 0 Å². The first-order valence-electron chi connectivity index (χ1n) is 6.92. The molecule has 1 unspecified atom stereocenters. The van der Waals surface area contributed by atoms with Crippen LogP contribution in [-0.2, 0) is 10.3 Å². The van der Waals surface area contributed by atoms with Gasteiger partial charge in [0.1, 0.15) is 11.4 Å². The lowest BCUT2D eigenvalue weighted by Gasteiger charge is -2.34. The zero-order valence-corrected chi connectivity index (χ0v) is 11.3. The van der Waals surface area contributed by atoms with Gasteiger partial charge < -0.3 is 5.73 Å². The van der Waals surface area contributed by atoms with Gasteiger partial charge in [-0.25, -0.2) is 4.39 Å². The summed E-state index contributed by atoms with van der Waals surface area (Å²) in [7, 11) is 0. The van der Waals surface area contributed by atoms with Crippen molar-refractivity contribution in [1.82, 2.24) is 5.32 Å². The van der Waals surface area contributed by atoms with E-state index in [-0.39, 0.29) is 11.9 Å². The number of hydrogen-bond acceptors (Lipinski definition) is 2. The van der Waals surface area contributed by atoms with Crippen molar-refractivity contribution in [3.63, 3.8) is 0 Å². The fraction of sp³-hybridized carbons (Fsp3) is 0.533. The summed E-state index contributed by atoms with van der Waals surface area (Å²) in [4.78, 5) is 12.0. The van der Waals surface area contributed by atoms with E-state index in [4.69, 9.17) is 5.73 Å². The number of carbonyl (C=O) groups is 1. The quantitative estimate of drug-likeness (QED) is 0.858. The van der Waals surface area contributed by atoms with E-state index in [1.165, 1.54) is 6.07 Å². The van der Waals surface area contributed by atoms with Gasteiger partial charge in [0.25, 0.3) is 0 Å². The van der Waals surface area contributed by atoms with Gasteiger partial charge in [0.2, 0.25) is 5.91 Å². The highest BCUT2D eigenvalue weighted by Gasteiger charge is 2.40. The fourth-order valence-electron chi connectivity index (χ4n) is 2.97. The Balaban J connectivity index is 2.38. The molecule has 1 atom stereocenters. The first kappa shape index (κ1) is 14.0. The van der Waals surface area contributed by atoms with Gasteiger partial charge in [0, 0.05) is 11.6 Å². The van der Waals surface area contributed by atoms with E-state index in [0.29, 0.717) is 12.0 Å². The Morgan fingerprint density at radius 2 is 2.05 bits per heavy atom. The standard InChI is InChI=1S/C15H21FN2O/c1-2-15(14(17)19,18-11-7-3-4-8-11)12-9-5-6-10-13(12)16/h5-6,9-11,18H,2-4,7-8H2,1H3,(H2,17,19). The molecule has 4 heteroatoms. The molecule has 0 spiro atoms. The summed E-state index contributed by atoms with van der Waals surface area (Å²) in [6.07, 6.45) is 4.77. The maximum Gasteiger partial charge on any atom is 0.242 e. The Morgan fingerprint density at radius 1 is 1.42 bits per heavy atom. The molecule has 0 radical (unpaired) electrons. The minimum atomic E-state index is -1.10. The molecule has 104 valence electrons. The summed E-state index contributed by atoms with van der Waals surface area (Å²) in [5.41, 5.74) is 4.85. The predicted octanol–water partition coefficient (Wildman–Crippen LogP) is 2.45. The predicted molar refractivity (Wildman–Crippen MR) is 73.0 cm³/mol. The summed E-state index contributed by atoms with van der Waals surface area (Å²) >= 11 is 0. The maximum atomic E-state index is 14.1. The number of nitrogens with two attached hydrogens (primary N) is 1. The number of primary amides is 1. The number of halogens is 1. The molecular formula is C15H21FN2O. The Hall–Kier alpha value is -1.42. The summed E-state index contributed by atoms with van der Waals surface area (Å²) in [5.74, 6) is -0.888. The van der Waals surface area contributed by atoms with Gasteiger partial charge in [-0.05, 0) is 25.3 Å². The van der Waals surface area contributed by atoms with Crippen molar-refractivity contribution in [1.29, 1.82) is 0 Å². The van der Waals surface area contributed by atoms with Crippen LogP contribution >= 0.6 is 0 Å². The second kappa shape index (κ2) is 5.70. The van der Waals surface area contributed by atoms with E-state index in [9.17, 15) is 9.18 Å². The van der Waals surface area contributed by atoms with Crippen LogP contribution in [0.15, 0.2) is 24.3 Å². The van der Waals surface area contributed by atoms with Gasteiger partial charge in [-0.15, -0.1) is 0 Å². The molecule has 1 aromatic carbocycles. The van der Waals surface area contributed by atoms with Crippen molar-refractivity contribution in [3.05, 3.63) is 35.6 Å². The van der Waals surface area contributed by atoms with Crippen LogP contribution in [0.4, 0.5) is 4.39 Å². The number of carbonyl (C=O) groups excluding carboxylic acids is 1. The first-order valence-corrected chi connectivity index (χ1v) is 6.92. The van der Waals surface area contributed by atoms with Gasteiger partial charge in [0.05, 0.1) is 0 Å². The second-order valence-electron chi connectivity index (χ2n) is 5.23. The summed E-state index contributed by atoms with van der Waals surface area (Å²) < 4.78 is 14.1. The van der Waals surface area contributed by atoms with Crippen LogP contribution < -0.4 is 11.1 Å². The van der Waals surface area contributed by atoms with E-state index in [1.54, 1.807) is 18.2 Å². The molecule has 0 heterocycles. The van der Waals surface area contributed by atoms with E-state index >= 15 is 0 Å². The Kier molecular flexibility index (Phi) is 4.20. The molecule has 1 amide bonds. The third-order valence-electron chi connectivity index (χ3n) is 4.09. The summed E-state index contributed by atoms with van der Waals surface area (Å²) in [5, 5.41) is 3.32. The Bertz CT molecular complexity index is 457. The van der Waals surface area contributed by atoms with Gasteiger partial charge in [-0.2, -0.15) is 0 Å². The van der Waals surface area contributed by atoms with Crippen LogP contribution in [-0.4, -0.2) is 11.9 Å². The van der Waals surface area contributed by atoms with Crippen molar-refractivity contribution in [2.45, 2.75) is 50.6 Å². The minimum absolute atomic E-state index is 0.243. The molecule has 1 aromatic rings. The normalized spacial score (nSPS) is 19.3. The number of hydrogen-bond donors (Lipinski definition) is 2. The van der Waals surface area contributed by atoms with Crippen molar-refractivity contribution in [3.8, 4) is 0 Å². The number of rotatable bonds is 5. The smallest absolute Gasteiger partial charge is 0.242 e.